The van der Waals surface area contributed by atoms with Crippen LogP contribution >= 0.6 is 0 Å². The lowest BCUT2D eigenvalue weighted by Gasteiger charge is -2.26. The van der Waals surface area contributed by atoms with E-state index in [9.17, 15) is 4.79 Å². The van der Waals surface area contributed by atoms with Gasteiger partial charge in [-0.2, -0.15) is 5.26 Å². The zero-order chi connectivity index (χ0) is 12.1. The Morgan fingerprint density at radius 3 is 2.38 bits per heavy atom. The first-order valence-electron chi connectivity index (χ1n) is 5.03. The molecule has 2 amide bonds. The summed E-state index contributed by atoms with van der Waals surface area (Å²) in [6, 6.07) is 10.7. The van der Waals surface area contributed by atoms with Crippen LogP contribution < -0.4 is 4.90 Å². The summed E-state index contributed by atoms with van der Waals surface area (Å²) in [6.45, 7) is 1.69. The third-order valence-corrected chi connectivity index (χ3v) is 2.50. The van der Waals surface area contributed by atoms with Gasteiger partial charge in [-0.3, -0.25) is 4.90 Å². The summed E-state index contributed by atoms with van der Waals surface area (Å²) in [5.74, 6) is 0. The van der Waals surface area contributed by atoms with Crippen LogP contribution in [0.2, 0.25) is 0 Å². The number of carbonyl (C=O) groups excluding carboxylic acids is 1. The van der Waals surface area contributed by atoms with E-state index in [2.05, 4.69) is 0 Å². The molecule has 0 bridgehead atoms. The summed E-state index contributed by atoms with van der Waals surface area (Å²) in [6.07, 6.45) is 0. The van der Waals surface area contributed by atoms with Crippen LogP contribution in [-0.2, 0) is 0 Å². The maximum absolute atomic E-state index is 11.9. The monoisotopic (exact) mass is 217 g/mol. The van der Waals surface area contributed by atoms with Crippen LogP contribution in [0.25, 0.3) is 0 Å². The molecule has 1 rings (SSSR count). The zero-order valence-electron chi connectivity index (χ0n) is 9.71. The normalized spacial score (nSPS) is 11.4. The van der Waals surface area contributed by atoms with Crippen molar-refractivity contribution >= 4 is 11.7 Å². The van der Waals surface area contributed by atoms with E-state index in [0.717, 1.165) is 5.69 Å². The van der Waals surface area contributed by atoms with E-state index in [4.69, 9.17) is 5.26 Å². The van der Waals surface area contributed by atoms with Gasteiger partial charge in [0.25, 0.3) is 0 Å². The topological polar surface area (TPSA) is 47.3 Å². The number of hydrogen-bond donors (Lipinski definition) is 0. The lowest BCUT2D eigenvalue weighted by molar-refractivity contribution is 0.211. The summed E-state index contributed by atoms with van der Waals surface area (Å²) in [7, 11) is 3.31. The fraction of sp³-hybridized carbons (Fsp3) is 0.333. The number of benzene rings is 1. The van der Waals surface area contributed by atoms with Crippen LogP contribution in [0, 0.1) is 11.3 Å². The molecule has 1 aromatic rings. The second-order valence-electron chi connectivity index (χ2n) is 3.59. The Balaban J connectivity index is 2.80. The maximum atomic E-state index is 11.9. The predicted octanol–water partition coefficient (Wildman–Crippen LogP) is 2.09. The lowest BCUT2D eigenvalue weighted by atomic mass is 10.3. The molecular weight excluding hydrogens is 202 g/mol. The molecule has 4 heteroatoms. The highest BCUT2D eigenvalue weighted by Gasteiger charge is 2.19. The number of para-hydroxylation sites is 1. The van der Waals surface area contributed by atoms with Crippen molar-refractivity contribution < 1.29 is 4.79 Å². The van der Waals surface area contributed by atoms with Gasteiger partial charge in [-0.1, -0.05) is 18.2 Å². The molecule has 0 heterocycles. The summed E-state index contributed by atoms with van der Waals surface area (Å²) in [5.41, 5.74) is 0.810. The van der Waals surface area contributed by atoms with Gasteiger partial charge in [0.2, 0.25) is 0 Å². The number of urea groups is 1. The van der Waals surface area contributed by atoms with E-state index in [-0.39, 0.29) is 6.03 Å². The Hall–Kier alpha value is -2.02. The largest absolute Gasteiger partial charge is 0.325 e. The van der Waals surface area contributed by atoms with Gasteiger partial charge in [0.15, 0.2) is 0 Å². The molecule has 0 saturated carbocycles. The van der Waals surface area contributed by atoms with Gasteiger partial charge >= 0.3 is 6.03 Å². The standard InChI is InChI=1S/C12H15N3O/c1-10(9-13)14(2)12(16)15(3)11-7-5-4-6-8-11/h4-8,10H,1-3H3/t10-/m0/s1. The quantitative estimate of drug-likeness (QED) is 0.761. The first-order chi connectivity index (χ1) is 7.57. The zero-order valence-corrected chi connectivity index (χ0v) is 9.71. The van der Waals surface area contributed by atoms with Gasteiger partial charge in [0.05, 0.1) is 6.07 Å². The van der Waals surface area contributed by atoms with Crippen LogP contribution in [0.15, 0.2) is 30.3 Å². The molecule has 0 spiro atoms. The number of nitrogens with zero attached hydrogens (tertiary/aromatic N) is 3. The van der Waals surface area contributed by atoms with E-state index < -0.39 is 6.04 Å². The van der Waals surface area contributed by atoms with Gasteiger partial charge in [-0.25, -0.2) is 4.79 Å². The highest BCUT2D eigenvalue weighted by atomic mass is 16.2. The minimum atomic E-state index is -0.432. The molecule has 0 saturated heterocycles. The minimum absolute atomic E-state index is 0.194. The van der Waals surface area contributed by atoms with Crippen molar-refractivity contribution in [3.63, 3.8) is 0 Å². The molecule has 0 aromatic heterocycles. The molecule has 84 valence electrons. The van der Waals surface area contributed by atoms with Crippen molar-refractivity contribution in [1.82, 2.24) is 4.90 Å². The Kier molecular flexibility index (Phi) is 3.90. The fourth-order valence-corrected chi connectivity index (χ4v) is 1.25. The predicted molar refractivity (Wildman–Crippen MR) is 63.1 cm³/mol. The average Bonchev–Trinajstić information content (AvgIpc) is 2.36. The Morgan fingerprint density at radius 2 is 1.88 bits per heavy atom. The van der Waals surface area contributed by atoms with Crippen LogP contribution in [0.4, 0.5) is 10.5 Å². The highest BCUT2D eigenvalue weighted by molar-refractivity contribution is 5.91. The number of rotatable bonds is 2. The van der Waals surface area contributed by atoms with E-state index in [0.29, 0.717) is 0 Å². The second-order valence-corrected chi connectivity index (χ2v) is 3.59. The summed E-state index contributed by atoms with van der Waals surface area (Å²) in [4.78, 5) is 14.9. The summed E-state index contributed by atoms with van der Waals surface area (Å²) in [5, 5.41) is 8.74. The van der Waals surface area contributed by atoms with Crippen molar-refractivity contribution in [2.24, 2.45) is 0 Å². The molecule has 0 unspecified atom stereocenters. The van der Waals surface area contributed by atoms with E-state index in [1.54, 1.807) is 21.0 Å². The number of carbonyl (C=O) groups is 1. The second kappa shape index (κ2) is 5.17. The van der Waals surface area contributed by atoms with Crippen LogP contribution in [0.3, 0.4) is 0 Å². The lowest BCUT2D eigenvalue weighted by Crippen LogP contribution is -2.42. The van der Waals surface area contributed by atoms with Gasteiger partial charge < -0.3 is 4.90 Å². The average molecular weight is 217 g/mol. The van der Waals surface area contributed by atoms with Gasteiger partial charge in [-0.15, -0.1) is 0 Å². The van der Waals surface area contributed by atoms with Crippen molar-refractivity contribution in [2.75, 3.05) is 19.0 Å². The molecule has 0 aliphatic rings. The van der Waals surface area contributed by atoms with Crippen molar-refractivity contribution in [3.05, 3.63) is 30.3 Å². The number of hydrogen-bond acceptors (Lipinski definition) is 2. The molecule has 0 aliphatic heterocycles. The van der Waals surface area contributed by atoms with Crippen molar-refractivity contribution in [2.45, 2.75) is 13.0 Å². The first-order valence-corrected chi connectivity index (χ1v) is 5.03. The third-order valence-electron chi connectivity index (χ3n) is 2.50. The Bertz CT molecular complexity index is 396. The van der Waals surface area contributed by atoms with Crippen LogP contribution in [0.5, 0.6) is 0 Å². The molecule has 16 heavy (non-hydrogen) atoms. The Labute approximate surface area is 95.7 Å². The molecule has 0 fully saturated rings. The first kappa shape index (κ1) is 12.1. The SMILES string of the molecule is C[C@@H](C#N)N(C)C(=O)N(C)c1ccccc1. The van der Waals surface area contributed by atoms with Crippen molar-refractivity contribution in [1.29, 1.82) is 5.26 Å². The molecule has 1 atom stereocenters. The summed E-state index contributed by atoms with van der Waals surface area (Å²) < 4.78 is 0. The van der Waals surface area contributed by atoms with E-state index in [1.807, 2.05) is 36.4 Å². The van der Waals surface area contributed by atoms with Gasteiger partial charge in [0.1, 0.15) is 6.04 Å². The highest BCUT2D eigenvalue weighted by Crippen LogP contribution is 2.13. The Morgan fingerprint density at radius 1 is 1.31 bits per heavy atom. The number of anilines is 1. The molecular formula is C12H15N3O. The molecule has 1 aromatic carbocycles. The van der Waals surface area contributed by atoms with Gasteiger partial charge in [0, 0.05) is 19.8 Å². The smallest absolute Gasteiger partial charge is 0.312 e. The number of amides is 2. The van der Waals surface area contributed by atoms with Gasteiger partial charge in [-0.05, 0) is 19.1 Å². The number of nitriles is 1. The third kappa shape index (κ3) is 2.51. The fourth-order valence-electron chi connectivity index (χ4n) is 1.25. The van der Waals surface area contributed by atoms with Crippen molar-refractivity contribution in [3.8, 4) is 6.07 Å². The summed E-state index contributed by atoms with van der Waals surface area (Å²) >= 11 is 0. The molecule has 4 nitrogen and oxygen atoms in total. The van der Waals surface area contributed by atoms with E-state index >= 15 is 0 Å². The molecule has 0 aliphatic carbocycles. The maximum Gasteiger partial charge on any atom is 0.325 e. The molecule has 0 N–H and O–H groups in total. The van der Waals surface area contributed by atoms with E-state index in [1.165, 1.54) is 9.80 Å². The van der Waals surface area contributed by atoms with Crippen LogP contribution in [-0.4, -0.2) is 31.1 Å². The van der Waals surface area contributed by atoms with Crippen LogP contribution in [0.1, 0.15) is 6.92 Å². The minimum Gasteiger partial charge on any atom is -0.312 e. The molecule has 0 radical (unpaired) electrons.